The summed E-state index contributed by atoms with van der Waals surface area (Å²) in [6.45, 7) is 1.36. The quantitative estimate of drug-likeness (QED) is 0.0937. The molecule has 0 bridgehead atoms. The molecule has 2 saturated carbocycles. The first-order chi connectivity index (χ1) is 22.2. The van der Waals surface area contributed by atoms with E-state index in [-0.39, 0.29) is 24.0 Å². The molecule has 5 N–H and O–H groups in total. The Labute approximate surface area is 275 Å². The van der Waals surface area contributed by atoms with E-state index in [1.807, 2.05) is 24.5 Å². The van der Waals surface area contributed by atoms with E-state index in [4.69, 9.17) is 14.8 Å². The summed E-state index contributed by atoms with van der Waals surface area (Å²) in [5, 5.41) is 49.0. The molecule has 9 nitrogen and oxygen atoms in total. The molecular formula is C36H46N2O7S. The van der Waals surface area contributed by atoms with Gasteiger partial charge in [-0.1, -0.05) is 24.3 Å². The second-order valence-electron chi connectivity index (χ2n) is 12.8. The maximum absolute atomic E-state index is 12.3. The summed E-state index contributed by atoms with van der Waals surface area (Å²) in [6, 6.07) is 14.6. The molecule has 10 heteroatoms. The standard InChI is InChI=1S/C36H46N2O7S/c1-23-8-13-33(46-20-4-5-24(40)9-12-30(41)34(43)35(44)31(42)22-39)38-29(23)14-16-36(17-18-36)28-21-37-19-15-26(28)27-6-2-3-7-32(27)45-25-10-11-25/h2-3,6-8,13,15,19,21,25,30-31,34-35,39,41-44H,4-5,9-12,14,16-18,20,22H2,1H3/t30-,31+,34+,35+/m0/s1. The van der Waals surface area contributed by atoms with Gasteiger partial charge in [-0.25, -0.2) is 4.98 Å². The first kappa shape index (κ1) is 34.5. The van der Waals surface area contributed by atoms with Gasteiger partial charge in [0, 0.05) is 36.5 Å². The summed E-state index contributed by atoms with van der Waals surface area (Å²) in [6.07, 6.45) is 5.33. The Hall–Kier alpha value is -2.86. The number of aliphatic hydroxyl groups is 5. The topological polar surface area (TPSA) is 153 Å². The molecule has 0 radical (unpaired) electrons. The second-order valence-corrected chi connectivity index (χ2v) is 13.9. The number of hydrogen-bond donors (Lipinski definition) is 5. The van der Waals surface area contributed by atoms with E-state index in [0.29, 0.717) is 18.9 Å². The Morgan fingerprint density at radius 1 is 1.00 bits per heavy atom. The number of para-hydroxylation sites is 1. The predicted octanol–water partition coefficient (Wildman–Crippen LogP) is 4.32. The van der Waals surface area contributed by atoms with Gasteiger partial charge < -0.3 is 30.3 Å². The molecule has 4 atom stereocenters. The van der Waals surface area contributed by atoms with E-state index in [9.17, 15) is 25.2 Å². The summed E-state index contributed by atoms with van der Waals surface area (Å²) >= 11 is 1.62. The normalized spacial score (nSPS) is 18.0. The number of thioether (sulfide) groups is 1. The monoisotopic (exact) mass is 650 g/mol. The number of benzene rings is 1. The Kier molecular flexibility index (Phi) is 11.9. The SMILES string of the molecule is Cc1ccc(SCCCC(=O)CC[C@H](O)[C@@H](O)[C@H](O)[C@H](O)CO)nc1CCC1(c2cnccc2-c2ccccc2OC2CC2)CC1. The van der Waals surface area contributed by atoms with Crippen molar-refractivity contribution in [3.63, 3.8) is 0 Å². The minimum absolute atomic E-state index is 0.0337. The van der Waals surface area contributed by atoms with Gasteiger partial charge in [0.05, 0.1) is 23.8 Å². The Morgan fingerprint density at radius 3 is 2.50 bits per heavy atom. The van der Waals surface area contributed by atoms with E-state index in [1.165, 1.54) is 16.7 Å². The minimum Gasteiger partial charge on any atom is -0.490 e. The Morgan fingerprint density at radius 2 is 1.76 bits per heavy atom. The van der Waals surface area contributed by atoms with Crippen LogP contribution < -0.4 is 4.74 Å². The third-order valence-electron chi connectivity index (χ3n) is 9.15. The third-order valence-corrected chi connectivity index (χ3v) is 10.2. The number of aryl methyl sites for hydroxylation is 2. The van der Waals surface area contributed by atoms with Gasteiger partial charge in [-0.2, -0.15) is 0 Å². The van der Waals surface area contributed by atoms with Gasteiger partial charge in [0.15, 0.2) is 0 Å². The molecule has 46 heavy (non-hydrogen) atoms. The first-order valence-corrected chi connectivity index (χ1v) is 17.3. The number of ether oxygens (including phenoxy) is 1. The minimum atomic E-state index is -1.68. The van der Waals surface area contributed by atoms with Crippen LogP contribution in [0.3, 0.4) is 0 Å². The highest BCUT2D eigenvalue weighted by molar-refractivity contribution is 7.99. The van der Waals surface area contributed by atoms with Gasteiger partial charge in [-0.05, 0) is 104 Å². The number of aliphatic hydroxyl groups excluding tert-OH is 5. The summed E-state index contributed by atoms with van der Waals surface area (Å²) in [4.78, 5) is 21.9. The number of nitrogens with zero attached hydrogens (tertiary/aromatic N) is 2. The molecule has 0 saturated heterocycles. The lowest BCUT2D eigenvalue weighted by atomic mass is 9.85. The maximum atomic E-state index is 12.3. The average molecular weight is 651 g/mol. The molecule has 1 aromatic carbocycles. The summed E-state index contributed by atoms with van der Waals surface area (Å²) in [7, 11) is 0. The molecule has 0 aliphatic heterocycles. The fourth-order valence-corrected chi connectivity index (χ4v) is 6.71. The summed E-state index contributed by atoms with van der Waals surface area (Å²) in [5.74, 6) is 1.62. The van der Waals surface area contributed by atoms with Crippen LogP contribution >= 0.6 is 11.8 Å². The highest BCUT2D eigenvalue weighted by atomic mass is 32.2. The number of carbonyl (C=O) groups is 1. The van der Waals surface area contributed by atoms with Gasteiger partial charge in [0.25, 0.3) is 0 Å². The average Bonchev–Trinajstić information content (AvgIpc) is 4.02. The fourth-order valence-electron chi connectivity index (χ4n) is 5.87. The lowest BCUT2D eigenvalue weighted by Gasteiger charge is -2.25. The van der Waals surface area contributed by atoms with Gasteiger partial charge in [-0.15, -0.1) is 11.8 Å². The number of Topliss-reactive ketones (excluding diaryl/α,β-unsaturated/α-hetero) is 1. The van der Waals surface area contributed by atoms with Gasteiger partial charge in [-0.3, -0.25) is 9.78 Å². The van der Waals surface area contributed by atoms with Crippen LogP contribution in [0.4, 0.5) is 0 Å². The second kappa shape index (κ2) is 15.8. The number of pyridine rings is 2. The highest BCUT2D eigenvalue weighted by Gasteiger charge is 2.45. The van der Waals surface area contributed by atoms with Crippen LogP contribution in [0.15, 0.2) is 59.9 Å². The number of carbonyl (C=O) groups excluding carboxylic acids is 1. The molecule has 2 heterocycles. The van der Waals surface area contributed by atoms with Crippen molar-refractivity contribution < 1.29 is 35.1 Å². The van der Waals surface area contributed by atoms with E-state index < -0.39 is 31.0 Å². The summed E-state index contributed by atoms with van der Waals surface area (Å²) in [5.41, 5.74) is 5.97. The van der Waals surface area contributed by atoms with Crippen molar-refractivity contribution in [3.05, 3.63) is 71.7 Å². The van der Waals surface area contributed by atoms with Crippen molar-refractivity contribution in [1.82, 2.24) is 9.97 Å². The molecule has 3 aromatic rings. The molecule has 2 aliphatic rings. The molecule has 2 aliphatic carbocycles. The lowest BCUT2D eigenvalue weighted by molar-refractivity contribution is -0.125. The third kappa shape index (κ3) is 8.93. The van der Waals surface area contributed by atoms with Crippen LogP contribution in [0.5, 0.6) is 5.75 Å². The van der Waals surface area contributed by atoms with Crippen LogP contribution in [0, 0.1) is 6.92 Å². The fraction of sp³-hybridized carbons (Fsp3) is 0.528. The highest BCUT2D eigenvalue weighted by Crippen LogP contribution is 2.54. The Bertz CT molecular complexity index is 1460. The number of ketones is 1. The molecule has 2 aromatic heterocycles. The van der Waals surface area contributed by atoms with Crippen molar-refractivity contribution in [2.75, 3.05) is 12.4 Å². The van der Waals surface area contributed by atoms with Crippen molar-refractivity contribution in [2.24, 2.45) is 0 Å². The largest absolute Gasteiger partial charge is 0.490 e. The molecular weight excluding hydrogens is 604 g/mol. The van der Waals surface area contributed by atoms with Gasteiger partial charge >= 0.3 is 0 Å². The number of hydrogen-bond acceptors (Lipinski definition) is 10. The van der Waals surface area contributed by atoms with Crippen LogP contribution in [-0.2, 0) is 16.6 Å². The van der Waals surface area contributed by atoms with Crippen LogP contribution in [0.2, 0.25) is 0 Å². The maximum Gasteiger partial charge on any atom is 0.133 e. The van der Waals surface area contributed by atoms with Crippen molar-refractivity contribution >= 4 is 17.5 Å². The van der Waals surface area contributed by atoms with E-state index in [1.54, 1.807) is 11.8 Å². The predicted molar refractivity (Wildman–Crippen MR) is 177 cm³/mol. The van der Waals surface area contributed by atoms with E-state index in [0.717, 1.165) is 66.3 Å². The molecule has 248 valence electrons. The summed E-state index contributed by atoms with van der Waals surface area (Å²) < 4.78 is 6.27. The van der Waals surface area contributed by atoms with Crippen molar-refractivity contribution in [1.29, 1.82) is 0 Å². The van der Waals surface area contributed by atoms with Crippen LogP contribution in [0.25, 0.3) is 11.1 Å². The number of aromatic nitrogens is 2. The molecule has 5 rings (SSSR count). The molecule has 0 spiro atoms. The zero-order valence-electron chi connectivity index (χ0n) is 26.4. The van der Waals surface area contributed by atoms with Gasteiger partial charge in [0.2, 0.25) is 0 Å². The van der Waals surface area contributed by atoms with Crippen molar-refractivity contribution in [2.45, 2.75) is 112 Å². The first-order valence-electron chi connectivity index (χ1n) is 16.4. The zero-order chi connectivity index (χ0) is 32.7. The van der Waals surface area contributed by atoms with Gasteiger partial charge in [0.1, 0.15) is 29.8 Å². The van der Waals surface area contributed by atoms with Crippen LogP contribution in [0.1, 0.15) is 74.6 Å². The van der Waals surface area contributed by atoms with E-state index in [2.05, 4.69) is 42.2 Å². The number of rotatable bonds is 19. The lowest BCUT2D eigenvalue weighted by Crippen LogP contribution is -2.45. The van der Waals surface area contributed by atoms with E-state index >= 15 is 0 Å². The molecule has 0 unspecified atom stereocenters. The Balaban J connectivity index is 1.12. The molecule has 0 amide bonds. The van der Waals surface area contributed by atoms with Crippen LogP contribution in [-0.4, -0.2) is 84.2 Å². The molecule has 2 fully saturated rings. The smallest absolute Gasteiger partial charge is 0.133 e. The van der Waals surface area contributed by atoms with Crippen molar-refractivity contribution in [3.8, 4) is 16.9 Å². The zero-order valence-corrected chi connectivity index (χ0v) is 27.2.